The van der Waals surface area contributed by atoms with Crippen LogP contribution in [0.5, 0.6) is 11.5 Å². The molecular weight excluding hydrogens is 426 g/mol. The molecule has 0 aromatic heterocycles. The third kappa shape index (κ3) is 2.25. The summed E-state index contributed by atoms with van der Waals surface area (Å²) in [5.74, 6) is 1.80. The maximum absolute atomic E-state index is 12.2. The van der Waals surface area contributed by atoms with Crippen LogP contribution in [0.25, 0.3) is 0 Å². The second kappa shape index (κ2) is 6.33. The smallest absolute Gasteiger partial charge is 0.165 e. The number of hydrogen-bond acceptors (Lipinski definition) is 5. The molecule has 1 unspecified atom stereocenters. The summed E-state index contributed by atoms with van der Waals surface area (Å²) in [5.41, 5.74) is 0.783. The highest BCUT2D eigenvalue weighted by atomic mass is 16.6. The summed E-state index contributed by atoms with van der Waals surface area (Å²) in [6.07, 6.45) is 7.64. The minimum Gasteiger partial charge on any atom is -0.504 e. The summed E-state index contributed by atoms with van der Waals surface area (Å²) in [7, 11) is 1.83. The standard InChI is InChI=1S/C29H41NO4/c1-25(2,3)26(4,32)20-15-27-10-11-29(20,33-5)24-28(27)12-13-30(16-17-6-7-17)21(27)14-18-8-9-19(31)23(34-24)22(18)28/h8-9,17,20-21,24,31-32H,6-7,10-16H2,1-5H3/t20-,21-,24-,26+,27-,28+,29?/m1/s1. The van der Waals surface area contributed by atoms with Gasteiger partial charge in [-0.05, 0) is 81.4 Å². The lowest BCUT2D eigenvalue weighted by Crippen LogP contribution is -2.83. The van der Waals surface area contributed by atoms with Crippen molar-refractivity contribution in [3.63, 3.8) is 0 Å². The van der Waals surface area contributed by atoms with Crippen molar-refractivity contribution in [1.82, 2.24) is 4.90 Å². The third-order valence-electron chi connectivity index (χ3n) is 11.9. The summed E-state index contributed by atoms with van der Waals surface area (Å²) in [4.78, 5) is 2.82. The van der Waals surface area contributed by atoms with Gasteiger partial charge in [-0.25, -0.2) is 0 Å². The molecule has 0 amide bonds. The first-order chi connectivity index (χ1) is 16.0. The van der Waals surface area contributed by atoms with Gasteiger partial charge in [-0.15, -0.1) is 0 Å². The lowest BCUT2D eigenvalue weighted by molar-refractivity contribution is -0.312. The average molecular weight is 468 g/mol. The molecule has 1 saturated heterocycles. The van der Waals surface area contributed by atoms with E-state index in [2.05, 4.69) is 31.7 Å². The van der Waals surface area contributed by atoms with Crippen LogP contribution in [0.1, 0.15) is 77.3 Å². The first-order valence-electron chi connectivity index (χ1n) is 13.6. The fourth-order valence-electron chi connectivity index (χ4n) is 9.58. The van der Waals surface area contributed by atoms with Crippen molar-refractivity contribution in [2.45, 2.75) is 101 Å². The first kappa shape index (κ1) is 21.9. The van der Waals surface area contributed by atoms with Gasteiger partial charge in [0.1, 0.15) is 11.7 Å². The average Bonchev–Trinajstić information content (AvgIpc) is 3.53. The molecule has 2 aliphatic heterocycles. The highest BCUT2D eigenvalue weighted by Crippen LogP contribution is 2.78. The molecule has 5 heteroatoms. The molecule has 4 bridgehead atoms. The topological polar surface area (TPSA) is 62.2 Å². The molecule has 0 radical (unpaired) electrons. The second-order valence-corrected chi connectivity index (χ2v) is 13.8. The Kier molecular flexibility index (Phi) is 4.08. The van der Waals surface area contributed by atoms with Gasteiger partial charge in [0.25, 0.3) is 0 Å². The molecule has 34 heavy (non-hydrogen) atoms. The maximum atomic E-state index is 12.2. The Hall–Kier alpha value is -1.30. The fraction of sp³-hybridized carbons (Fsp3) is 0.793. The molecule has 5 aliphatic carbocycles. The number of benzene rings is 1. The van der Waals surface area contributed by atoms with E-state index in [1.165, 1.54) is 30.5 Å². The predicted molar refractivity (Wildman–Crippen MR) is 130 cm³/mol. The Morgan fingerprint density at radius 2 is 1.91 bits per heavy atom. The molecule has 7 atom stereocenters. The zero-order valence-electron chi connectivity index (χ0n) is 21.5. The number of fused-ring (bicyclic) bond motifs is 2. The van der Waals surface area contributed by atoms with E-state index >= 15 is 0 Å². The van der Waals surface area contributed by atoms with Gasteiger partial charge in [-0.3, -0.25) is 4.90 Å². The Morgan fingerprint density at radius 1 is 1.15 bits per heavy atom. The third-order valence-corrected chi connectivity index (χ3v) is 11.9. The minimum atomic E-state index is -0.909. The van der Waals surface area contributed by atoms with E-state index < -0.39 is 11.2 Å². The number of piperidine rings is 1. The molecule has 2 spiro atoms. The van der Waals surface area contributed by atoms with Gasteiger partial charge in [-0.2, -0.15) is 0 Å². The fourth-order valence-corrected chi connectivity index (χ4v) is 9.58. The van der Waals surface area contributed by atoms with Crippen LogP contribution in [-0.2, 0) is 16.6 Å². The Bertz CT molecular complexity index is 1060. The molecule has 7 aliphatic rings. The number of aromatic hydroxyl groups is 1. The number of phenols is 1. The highest BCUT2D eigenvalue weighted by Gasteiger charge is 2.82. The lowest BCUT2D eigenvalue weighted by Gasteiger charge is -2.75. The van der Waals surface area contributed by atoms with E-state index in [1.807, 2.05) is 20.1 Å². The van der Waals surface area contributed by atoms with Crippen LogP contribution in [0.2, 0.25) is 0 Å². The number of aliphatic hydroxyl groups is 1. The van der Waals surface area contributed by atoms with Crippen LogP contribution >= 0.6 is 0 Å². The van der Waals surface area contributed by atoms with Crippen molar-refractivity contribution in [1.29, 1.82) is 0 Å². The summed E-state index contributed by atoms with van der Waals surface area (Å²) in [5, 5.41) is 23.2. The number of hydrogen-bond donors (Lipinski definition) is 2. The van der Waals surface area contributed by atoms with Gasteiger partial charge in [0.05, 0.1) is 5.60 Å². The van der Waals surface area contributed by atoms with Gasteiger partial charge in [0.15, 0.2) is 11.5 Å². The molecule has 5 nitrogen and oxygen atoms in total. The SMILES string of the molecule is COC12CC[C@@]3(C[C@@H]1[C@](C)(O)C(C)(C)C)[C@H]1Cc4ccc(O)c5c4[C@@]3(CCN1CC1CC1)[C@H]2O5. The van der Waals surface area contributed by atoms with Crippen molar-refractivity contribution in [3.05, 3.63) is 23.3 Å². The summed E-state index contributed by atoms with van der Waals surface area (Å²) >= 11 is 0. The van der Waals surface area contributed by atoms with Gasteiger partial charge < -0.3 is 19.7 Å². The largest absolute Gasteiger partial charge is 0.504 e. The molecule has 2 heterocycles. The summed E-state index contributed by atoms with van der Waals surface area (Å²) < 4.78 is 13.5. The van der Waals surface area contributed by atoms with Crippen molar-refractivity contribution < 1.29 is 19.7 Å². The molecule has 2 N–H and O–H groups in total. The van der Waals surface area contributed by atoms with E-state index in [0.29, 0.717) is 11.8 Å². The van der Waals surface area contributed by atoms with E-state index in [9.17, 15) is 10.2 Å². The lowest BCUT2D eigenvalue weighted by atomic mass is 9.33. The number of likely N-dealkylation sites (tertiary alicyclic amines) is 1. The highest BCUT2D eigenvalue weighted by molar-refractivity contribution is 5.63. The van der Waals surface area contributed by atoms with E-state index in [4.69, 9.17) is 9.47 Å². The number of rotatable bonds is 4. The van der Waals surface area contributed by atoms with Gasteiger partial charge in [0, 0.05) is 42.0 Å². The van der Waals surface area contributed by atoms with Crippen LogP contribution in [0.4, 0.5) is 0 Å². The van der Waals surface area contributed by atoms with Crippen molar-refractivity contribution in [3.8, 4) is 11.5 Å². The van der Waals surface area contributed by atoms with Gasteiger partial charge in [-0.1, -0.05) is 26.8 Å². The quantitative estimate of drug-likeness (QED) is 0.687. The van der Waals surface area contributed by atoms with Crippen molar-refractivity contribution in [2.24, 2.45) is 22.7 Å². The molecule has 1 aromatic rings. The Labute approximate surface area is 203 Å². The van der Waals surface area contributed by atoms with Crippen LogP contribution < -0.4 is 4.74 Å². The van der Waals surface area contributed by atoms with Crippen molar-refractivity contribution >= 4 is 0 Å². The zero-order chi connectivity index (χ0) is 23.9. The van der Waals surface area contributed by atoms with E-state index in [0.717, 1.165) is 44.6 Å². The molecule has 186 valence electrons. The number of methoxy groups -OCH3 is 1. The molecule has 8 rings (SSSR count). The van der Waals surface area contributed by atoms with Gasteiger partial charge in [0.2, 0.25) is 0 Å². The van der Waals surface area contributed by atoms with Gasteiger partial charge >= 0.3 is 0 Å². The normalized spacial score (nSPS) is 43.9. The summed E-state index contributed by atoms with van der Waals surface area (Å²) in [6.45, 7) is 10.8. The van der Waals surface area contributed by atoms with Crippen LogP contribution in [-0.4, -0.2) is 58.7 Å². The van der Waals surface area contributed by atoms with Crippen LogP contribution in [0.15, 0.2) is 12.1 Å². The van der Waals surface area contributed by atoms with Crippen molar-refractivity contribution in [2.75, 3.05) is 20.2 Å². The number of ether oxygens (including phenoxy) is 2. The molecule has 1 aromatic carbocycles. The Balaban J connectivity index is 1.47. The van der Waals surface area contributed by atoms with E-state index in [1.54, 1.807) is 0 Å². The van der Waals surface area contributed by atoms with E-state index in [-0.39, 0.29) is 34.0 Å². The monoisotopic (exact) mass is 467 g/mol. The molecular formula is C29H41NO4. The number of nitrogens with zero attached hydrogens (tertiary/aromatic N) is 1. The predicted octanol–water partition coefficient (Wildman–Crippen LogP) is 4.41. The molecule has 5 fully saturated rings. The minimum absolute atomic E-state index is 0.0294. The zero-order valence-corrected chi connectivity index (χ0v) is 21.5. The number of phenolic OH excluding ortho intramolecular Hbond substituents is 1. The summed E-state index contributed by atoms with van der Waals surface area (Å²) in [6, 6.07) is 4.46. The molecule has 4 saturated carbocycles. The van der Waals surface area contributed by atoms with Crippen LogP contribution in [0, 0.1) is 22.7 Å². The maximum Gasteiger partial charge on any atom is 0.165 e. The second-order valence-electron chi connectivity index (χ2n) is 13.8. The van der Waals surface area contributed by atoms with Crippen LogP contribution in [0.3, 0.4) is 0 Å². The first-order valence-corrected chi connectivity index (χ1v) is 13.6. The Morgan fingerprint density at radius 3 is 2.59 bits per heavy atom.